The lowest BCUT2D eigenvalue weighted by atomic mass is 9.96. The zero-order valence-corrected chi connectivity index (χ0v) is 12.5. The van der Waals surface area contributed by atoms with E-state index in [1.54, 1.807) is 12.1 Å². The van der Waals surface area contributed by atoms with Gasteiger partial charge in [0.05, 0.1) is 12.8 Å². The third-order valence-corrected chi connectivity index (χ3v) is 4.82. The number of esters is 1. The zero-order chi connectivity index (χ0) is 14.8. The van der Waals surface area contributed by atoms with Gasteiger partial charge in [0.15, 0.2) is 11.5 Å². The summed E-state index contributed by atoms with van der Waals surface area (Å²) in [5, 5.41) is 0. The highest BCUT2D eigenvalue weighted by Gasteiger charge is 2.35. The van der Waals surface area contributed by atoms with Gasteiger partial charge >= 0.3 is 5.97 Å². The maximum absolute atomic E-state index is 11.7. The molecule has 21 heavy (non-hydrogen) atoms. The molecule has 1 atom stereocenters. The normalized spacial score (nSPS) is 22.7. The monoisotopic (exact) mass is 289 g/mol. The quantitative estimate of drug-likeness (QED) is 0.866. The van der Waals surface area contributed by atoms with Gasteiger partial charge in [-0.3, -0.25) is 0 Å². The summed E-state index contributed by atoms with van der Waals surface area (Å²) in [5.41, 5.74) is 7.09. The third-order valence-electron chi connectivity index (χ3n) is 4.82. The van der Waals surface area contributed by atoms with Crippen LogP contribution in [0.3, 0.4) is 0 Å². The molecule has 1 aliphatic heterocycles. The van der Waals surface area contributed by atoms with Gasteiger partial charge in [-0.2, -0.15) is 0 Å². The molecule has 5 heteroatoms. The Morgan fingerprint density at radius 1 is 1.29 bits per heavy atom. The van der Waals surface area contributed by atoms with Crippen LogP contribution in [0.15, 0.2) is 12.1 Å². The van der Waals surface area contributed by atoms with Crippen LogP contribution in [0.2, 0.25) is 0 Å². The molecule has 0 amide bonds. The molecule has 5 nitrogen and oxygen atoms in total. The summed E-state index contributed by atoms with van der Waals surface area (Å²) in [6.07, 6.45) is 7.65. The lowest BCUT2D eigenvalue weighted by Crippen LogP contribution is -2.36. The van der Waals surface area contributed by atoms with E-state index >= 15 is 0 Å². The Hall–Kier alpha value is -1.78. The molecular formula is C16H23N3O2. The van der Waals surface area contributed by atoms with E-state index in [0.29, 0.717) is 17.4 Å². The number of methoxy groups -OCH3 is 1. The second-order valence-corrected chi connectivity index (χ2v) is 6.05. The van der Waals surface area contributed by atoms with Crippen LogP contribution in [0, 0.1) is 5.92 Å². The number of anilines is 2. The Kier molecular flexibility index (Phi) is 3.99. The molecule has 0 radical (unpaired) electrons. The minimum absolute atomic E-state index is 0.332. The number of nitrogen functional groups attached to an aromatic ring is 1. The van der Waals surface area contributed by atoms with Crippen molar-refractivity contribution in [3.8, 4) is 0 Å². The number of carbonyl (C=O) groups is 1. The summed E-state index contributed by atoms with van der Waals surface area (Å²) < 4.78 is 4.76. The van der Waals surface area contributed by atoms with Crippen LogP contribution in [0.1, 0.15) is 49.0 Å². The molecule has 1 aromatic heterocycles. The van der Waals surface area contributed by atoms with E-state index in [9.17, 15) is 4.79 Å². The second kappa shape index (κ2) is 5.92. The van der Waals surface area contributed by atoms with Crippen LogP contribution in [0.5, 0.6) is 0 Å². The van der Waals surface area contributed by atoms with E-state index in [0.717, 1.165) is 18.3 Å². The van der Waals surface area contributed by atoms with Crippen molar-refractivity contribution in [2.75, 3.05) is 24.3 Å². The molecule has 1 aromatic rings. The Labute approximate surface area is 125 Å². The topological polar surface area (TPSA) is 68.5 Å². The van der Waals surface area contributed by atoms with Gasteiger partial charge in [0.1, 0.15) is 0 Å². The van der Waals surface area contributed by atoms with Crippen LogP contribution >= 0.6 is 0 Å². The van der Waals surface area contributed by atoms with Crippen molar-refractivity contribution in [2.45, 2.75) is 44.6 Å². The van der Waals surface area contributed by atoms with Crippen LogP contribution in [-0.2, 0) is 4.74 Å². The summed E-state index contributed by atoms with van der Waals surface area (Å²) >= 11 is 0. The molecule has 2 heterocycles. The first-order valence-corrected chi connectivity index (χ1v) is 7.82. The SMILES string of the molecule is COC(=O)c1ccc(N)c(N2CCCC2C2CCCC2)n1. The Balaban J connectivity index is 1.89. The minimum atomic E-state index is -0.409. The molecule has 3 rings (SSSR count). The number of carbonyl (C=O) groups excluding carboxylic acids is 1. The van der Waals surface area contributed by atoms with Crippen LogP contribution in [0.25, 0.3) is 0 Å². The highest BCUT2D eigenvalue weighted by atomic mass is 16.5. The molecule has 0 aromatic carbocycles. The first-order valence-electron chi connectivity index (χ1n) is 7.82. The average molecular weight is 289 g/mol. The van der Waals surface area contributed by atoms with Crippen LogP contribution in [0.4, 0.5) is 11.5 Å². The predicted molar refractivity (Wildman–Crippen MR) is 82.3 cm³/mol. The van der Waals surface area contributed by atoms with Crippen molar-refractivity contribution in [1.29, 1.82) is 0 Å². The first-order chi connectivity index (χ1) is 10.2. The number of aromatic nitrogens is 1. The molecule has 114 valence electrons. The average Bonchev–Trinajstić information content (AvgIpc) is 3.17. The highest BCUT2D eigenvalue weighted by molar-refractivity contribution is 5.88. The van der Waals surface area contributed by atoms with Gasteiger partial charge in [-0.1, -0.05) is 12.8 Å². The van der Waals surface area contributed by atoms with Gasteiger partial charge in [-0.25, -0.2) is 9.78 Å². The molecular weight excluding hydrogens is 266 g/mol. The van der Waals surface area contributed by atoms with Gasteiger partial charge in [0, 0.05) is 12.6 Å². The molecule has 1 aliphatic carbocycles. The van der Waals surface area contributed by atoms with Crippen LogP contribution < -0.4 is 10.6 Å². The highest BCUT2D eigenvalue weighted by Crippen LogP contribution is 2.38. The molecule has 1 unspecified atom stereocenters. The van der Waals surface area contributed by atoms with E-state index in [1.807, 2.05) is 0 Å². The van der Waals surface area contributed by atoms with E-state index in [1.165, 1.54) is 45.6 Å². The van der Waals surface area contributed by atoms with Crippen molar-refractivity contribution >= 4 is 17.5 Å². The number of pyridine rings is 1. The molecule has 2 N–H and O–H groups in total. The van der Waals surface area contributed by atoms with Crippen molar-refractivity contribution in [2.24, 2.45) is 5.92 Å². The van der Waals surface area contributed by atoms with Crippen LogP contribution in [-0.4, -0.2) is 30.6 Å². The fourth-order valence-electron chi connectivity index (χ4n) is 3.80. The smallest absolute Gasteiger partial charge is 0.356 e. The summed E-state index contributed by atoms with van der Waals surface area (Å²) in [6, 6.07) is 3.92. The molecule has 0 spiro atoms. The summed E-state index contributed by atoms with van der Waals surface area (Å²) in [5.74, 6) is 1.09. The molecule has 2 fully saturated rings. The van der Waals surface area contributed by atoms with Gasteiger partial charge < -0.3 is 15.4 Å². The predicted octanol–water partition coefficient (Wildman–Crippen LogP) is 2.61. The maximum Gasteiger partial charge on any atom is 0.356 e. The van der Waals surface area contributed by atoms with Gasteiger partial charge in [0.25, 0.3) is 0 Å². The second-order valence-electron chi connectivity index (χ2n) is 6.05. The fraction of sp³-hybridized carbons (Fsp3) is 0.625. The third kappa shape index (κ3) is 2.69. The lowest BCUT2D eigenvalue weighted by molar-refractivity contribution is 0.0594. The largest absolute Gasteiger partial charge is 0.464 e. The van der Waals surface area contributed by atoms with E-state index in [2.05, 4.69) is 9.88 Å². The maximum atomic E-state index is 11.7. The number of nitrogens with two attached hydrogens (primary N) is 1. The number of nitrogens with zero attached hydrogens (tertiary/aromatic N) is 2. The summed E-state index contributed by atoms with van der Waals surface area (Å²) in [4.78, 5) is 18.5. The fourth-order valence-corrected chi connectivity index (χ4v) is 3.80. The van der Waals surface area contributed by atoms with Crippen molar-refractivity contribution in [1.82, 2.24) is 4.98 Å². The Morgan fingerprint density at radius 2 is 2.05 bits per heavy atom. The zero-order valence-electron chi connectivity index (χ0n) is 12.5. The Morgan fingerprint density at radius 3 is 2.76 bits per heavy atom. The van der Waals surface area contributed by atoms with E-state index < -0.39 is 5.97 Å². The van der Waals surface area contributed by atoms with Crippen molar-refractivity contribution in [3.05, 3.63) is 17.8 Å². The van der Waals surface area contributed by atoms with E-state index in [-0.39, 0.29) is 0 Å². The number of hydrogen-bond acceptors (Lipinski definition) is 5. The molecule has 0 bridgehead atoms. The van der Waals surface area contributed by atoms with Crippen molar-refractivity contribution < 1.29 is 9.53 Å². The number of rotatable bonds is 3. The summed E-state index contributed by atoms with van der Waals surface area (Å²) in [7, 11) is 1.37. The molecule has 2 aliphatic rings. The first kappa shape index (κ1) is 14.2. The lowest BCUT2D eigenvalue weighted by Gasteiger charge is -2.31. The van der Waals surface area contributed by atoms with Gasteiger partial charge in [-0.15, -0.1) is 0 Å². The standard InChI is InChI=1S/C16H23N3O2/c1-21-16(20)13-9-8-12(17)15(18-13)19-10-4-7-14(19)11-5-2-3-6-11/h8-9,11,14H,2-7,10,17H2,1H3. The van der Waals surface area contributed by atoms with Crippen molar-refractivity contribution in [3.63, 3.8) is 0 Å². The summed E-state index contributed by atoms with van der Waals surface area (Å²) in [6.45, 7) is 0.975. The van der Waals surface area contributed by atoms with Gasteiger partial charge in [0.2, 0.25) is 0 Å². The molecule has 1 saturated carbocycles. The van der Waals surface area contributed by atoms with Gasteiger partial charge in [-0.05, 0) is 43.7 Å². The van der Waals surface area contributed by atoms with E-state index in [4.69, 9.17) is 10.5 Å². The Bertz CT molecular complexity index is 526. The number of ether oxygens (including phenoxy) is 1. The number of hydrogen-bond donors (Lipinski definition) is 1. The molecule has 1 saturated heterocycles. The minimum Gasteiger partial charge on any atom is -0.464 e.